The molecule has 1 aliphatic heterocycles. The third-order valence-corrected chi connectivity index (χ3v) is 4.42. The van der Waals surface area contributed by atoms with E-state index in [-0.39, 0.29) is 11.8 Å². The van der Waals surface area contributed by atoms with Crippen molar-refractivity contribution in [2.45, 2.75) is 46.1 Å². The molecule has 3 rings (SSSR count). The summed E-state index contributed by atoms with van der Waals surface area (Å²) in [4.78, 5) is 12.2. The number of benzene rings is 1. The number of carbonyl (C=O) groups is 1. The Morgan fingerprint density at radius 1 is 1.39 bits per heavy atom. The van der Waals surface area contributed by atoms with Crippen LogP contribution in [0.15, 0.2) is 42.0 Å². The lowest BCUT2D eigenvalue weighted by atomic mass is 9.86. The van der Waals surface area contributed by atoms with E-state index in [0.29, 0.717) is 13.0 Å². The van der Waals surface area contributed by atoms with Crippen LogP contribution in [0.5, 0.6) is 0 Å². The van der Waals surface area contributed by atoms with Gasteiger partial charge in [-0.1, -0.05) is 48.9 Å². The topological polar surface area (TPSA) is 46.9 Å². The largest absolute Gasteiger partial charge is 0.311 e. The molecule has 23 heavy (non-hydrogen) atoms. The predicted octanol–water partition coefficient (Wildman–Crippen LogP) is 4.02. The zero-order valence-corrected chi connectivity index (χ0v) is 14.0. The fourth-order valence-electron chi connectivity index (χ4n) is 3.34. The van der Waals surface area contributed by atoms with E-state index in [1.807, 2.05) is 29.8 Å². The molecule has 0 saturated heterocycles. The van der Waals surface area contributed by atoms with E-state index in [9.17, 15) is 4.79 Å². The van der Waals surface area contributed by atoms with Crippen molar-refractivity contribution in [2.75, 3.05) is 5.32 Å². The number of fused-ring (bicyclic) bond motifs is 1. The Hall–Kier alpha value is -2.36. The zero-order chi connectivity index (χ0) is 16.4. The Bertz CT molecular complexity index is 743. The highest BCUT2D eigenvalue weighted by Crippen LogP contribution is 2.39. The third-order valence-electron chi connectivity index (χ3n) is 4.42. The van der Waals surface area contributed by atoms with Crippen LogP contribution < -0.4 is 5.32 Å². The van der Waals surface area contributed by atoms with E-state index in [4.69, 9.17) is 0 Å². The molecule has 2 aromatic rings. The Balaban J connectivity index is 2.01. The van der Waals surface area contributed by atoms with Crippen molar-refractivity contribution in [2.24, 2.45) is 0 Å². The Morgan fingerprint density at radius 2 is 2.13 bits per heavy atom. The molecule has 4 heteroatoms. The number of anilines is 1. The minimum absolute atomic E-state index is 0.0700. The minimum Gasteiger partial charge on any atom is -0.311 e. The van der Waals surface area contributed by atoms with Gasteiger partial charge in [-0.25, -0.2) is 4.68 Å². The number of allylic oxidation sites excluding steroid dienone is 2. The molecule has 1 aromatic heterocycles. The van der Waals surface area contributed by atoms with Crippen LogP contribution in [0.2, 0.25) is 0 Å². The Kier molecular flexibility index (Phi) is 4.33. The fourth-order valence-corrected chi connectivity index (χ4v) is 3.34. The first kappa shape index (κ1) is 15.5. The van der Waals surface area contributed by atoms with Crippen LogP contribution in [0.3, 0.4) is 0 Å². The van der Waals surface area contributed by atoms with Gasteiger partial charge in [-0.3, -0.25) is 4.79 Å². The van der Waals surface area contributed by atoms with Crippen molar-refractivity contribution in [3.8, 4) is 0 Å². The van der Waals surface area contributed by atoms with Gasteiger partial charge in [0.1, 0.15) is 5.82 Å². The second-order valence-corrected chi connectivity index (χ2v) is 6.15. The quantitative estimate of drug-likeness (QED) is 0.867. The number of hydrogen-bond acceptors (Lipinski definition) is 2. The summed E-state index contributed by atoms with van der Waals surface area (Å²) < 4.78 is 1.92. The average molecular weight is 309 g/mol. The van der Waals surface area contributed by atoms with E-state index < -0.39 is 0 Å². The molecule has 4 nitrogen and oxygen atoms in total. The highest BCUT2D eigenvalue weighted by molar-refractivity contribution is 5.94. The first-order chi connectivity index (χ1) is 11.1. The first-order valence-electron chi connectivity index (χ1n) is 8.17. The fraction of sp³-hybridized carbons (Fsp3) is 0.368. The minimum atomic E-state index is 0.0700. The maximum absolute atomic E-state index is 12.2. The standard InChI is InChI=1S/C19H23N3O/c1-4-8-13(2)16-11-17(23)20-19-18(16)14(3)21-22(19)12-15-9-6-5-7-10-15/h5-10,16H,4,11-12H2,1-3H3,(H,20,23). The Labute approximate surface area is 137 Å². The summed E-state index contributed by atoms with van der Waals surface area (Å²) in [6, 6.07) is 10.2. The molecule has 1 N–H and O–H groups in total. The normalized spacial score (nSPS) is 17.8. The van der Waals surface area contributed by atoms with Gasteiger partial charge in [0.25, 0.3) is 0 Å². The number of nitrogens with zero attached hydrogens (tertiary/aromatic N) is 2. The second kappa shape index (κ2) is 6.41. The number of rotatable bonds is 4. The highest BCUT2D eigenvalue weighted by Gasteiger charge is 2.31. The van der Waals surface area contributed by atoms with Gasteiger partial charge >= 0.3 is 0 Å². The number of aromatic nitrogens is 2. The van der Waals surface area contributed by atoms with Crippen LogP contribution in [-0.4, -0.2) is 15.7 Å². The maximum atomic E-state index is 12.2. The number of aryl methyl sites for hydroxylation is 1. The summed E-state index contributed by atoms with van der Waals surface area (Å²) in [5.41, 5.74) is 4.61. The summed E-state index contributed by atoms with van der Waals surface area (Å²) in [7, 11) is 0. The van der Waals surface area contributed by atoms with Gasteiger partial charge in [0.15, 0.2) is 0 Å². The van der Waals surface area contributed by atoms with Crippen molar-refractivity contribution < 1.29 is 4.79 Å². The van der Waals surface area contributed by atoms with Gasteiger partial charge in [-0.05, 0) is 25.8 Å². The van der Waals surface area contributed by atoms with Gasteiger partial charge in [0.05, 0.1) is 12.2 Å². The third kappa shape index (κ3) is 3.07. The van der Waals surface area contributed by atoms with Crippen molar-refractivity contribution in [1.82, 2.24) is 9.78 Å². The lowest BCUT2D eigenvalue weighted by molar-refractivity contribution is -0.116. The SMILES string of the molecule is CCC=C(C)C1CC(=O)Nc2c1c(C)nn2Cc1ccccc1. The van der Waals surface area contributed by atoms with Crippen LogP contribution in [-0.2, 0) is 11.3 Å². The summed E-state index contributed by atoms with van der Waals surface area (Å²) >= 11 is 0. The number of amides is 1. The molecule has 0 aliphatic carbocycles. The van der Waals surface area contributed by atoms with Gasteiger partial charge in [-0.15, -0.1) is 0 Å². The van der Waals surface area contributed by atoms with Gasteiger partial charge < -0.3 is 5.32 Å². The Morgan fingerprint density at radius 3 is 2.83 bits per heavy atom. The van der Waals surface area contributed by atoms with E-state index in [1.54, 1.807) is 0 Å². The summed E-state index contributed by atoms with van der Waals surface area (Å²) in [5, 5.41) is 7.72. The molecule has 0 radical (unpaired) electrons. The predicted molar refractivity (Wildman–Crippen MR) is 92.5 cm³/mol. The van der Waals surface area contributed by atoms with Gasteiger partial charge in [-0.2, -0.15) is 5.10 Å². The second-order valence-electron chi connectivity index (χ2n) is 6.15. The maximum Gasteiger partial charge on any atom is 0.226 e. The van der Waals surface area contributed by atoms with E-state index >= 15 is 0 Å². The molecule has 1 aromatic carbocycles. The summed E-state index contributed by atoms with van der Waals surface area (Å²) in [6.07, 6.45) is 3.70. The molecule has 1 atom stereocenters. The van der Waals surface area contributed by atoms with Gasteiger partial charge in [0, 0.05) is 17.9 Å². The molecular weight excluding hydrogens is 286 g/mol. The monoisotopic (exact) mass is 309 g/mol. The first-order valence-corrected chi connectivity index (χ1v) is 8.17. The van der Waals surface area contributed by atoms with Gasteiger partial charge in [0.2, 0.25) is 5.91 Å². The number of nitrogens with one attached hydrogen (secondary N) is 1. The molecule has 1 unspecified atom stereocenters. The van der Waals surface area contributed by atoms with Crippen molar-refractivity contribution in [3.05, 3.63) is 58.8 Å². The van der Waals surface area contributed by atoms with Crippen LogP contribution >= 0.6 is 0 Å². The van der Waals surface area contributed by atoms with Crippen LogP contribution in [0.4, 0.5) is 5.82 Å². The zero-order valence-electron chi connectivity index (χ0n) is 14.0. The molecule has 0 fully saturated rings. The van der Waals surface area contributed by atoms with E-state index in [2.05, 4.69) is 42.5 Å². The summed E-state index contributed by atoms with van der Waals surface area (Å²) in [5.74, 6) is 1.07. The van der Waals surface area contributed by atoms with E-state index in [0.717, 1.165) is 17.9 Å². The molecule has 2 heterocycles. The van der Waals surface area contributed by atoms with E-state index in [1.165, 1.54) is 16.7 Å². The molecule has 0 spiro atoms. The van der Waals surface area contributed by atoms with Crippen LogP contribution in [0.1, 0.15) is 49.4 Å². The average Bonchev–Trinajstić information content (AvgIpc) is 2.84. The van der Waals surface area contributed by atoms with Crippen molar-refractivity contribution >= 4 is 11.7 Å². The molecule has 120 valence electrons. The molecule has 1 amide bonds. The highest BCUT2D eigenvalue weighted by atomic mass is 16.1. The molecule has 0 bridgehead atoms. The van der Waals surface area contributed by atoms with Crippen LogP contribution in [0, 0.1) is 6.92 Å². The summed E-state index contributed by atoms with van der Waals surface area (Å²) in [6.45, 7) is 6.94. The van der Waals surface area contributed by atoms with Crippen LogP contribution in [0.25, 0.3) is 0 Å². The number of hydrogen-bond donors (Lipinski definition) is 1. The molecule has 1 aliphatic rings. The lowest BCUT2D eigenvalue weighted by Crippen LogP contribution is -2.25. The van der Waals surface area contributed by atoms with Crippen molar-refractivity contribution in [3.63, 3.8) is 0 Å². The van der Waals surface area contributed by atoms with Crippen molar-refractivity contribution in [1.29, 1.82) is 0 Å². The molecular formula is C19H23N3O. The lowest BCUT2D eigenvalue weighted by Gasteiger charge is -2.25. The molecule has 0 saturated carbocycles. The smallest absolute Gasteiger partial charge is 0.226 e. The number of carbonyl (C=O) groups excluding carboxylic acids is 1.